The molecule has 1 aliphatic rings. The predicted octanol–water partition coefficient (Wildman–Crippen LogP) is 2.76. The van der Waals surface area contributed by atoms with Gasteiger partial charge in [0.15, 0.2) is 5.96 Å². The van der Waals surface area contributed by atoms with Crippen LogP contribution in [-0.4, -0.2) is 36.5 Å². The van der Waals surface area contributed by atoms with Gasteiger partial charge >= 0.3 is 0 Å². The van der Waals surface area contributed by atoms with Gasteiger partial charge in [0.05, 0.1) is 6.54 Å². The van der Waals surface area contributed by atoms with Gasteiger partial charge in [0.2, 0.25) is 0 Å². The maximum Gasteiger partial charge on any atom is 0.188 e. The van der Waals surface area contributed by atoms with Crippen molar-refractivity contribution in [2.45, 2.75) is 45.7 Å². The first kappa shape index (κ1) is 19.2. The Balaban J connectivity index is 0.00000242. The molecule has 0 saturated heterocycles. The number of nitrogens with one attached hydrogen (secondary N) is 1. The molecule has 1 atom stereocenters. The molecule has 22 heavy (non-hydrogen) atoms. The second-order valence-corrected chi connectivity index (χ2v) is 5.84. The summed E-state index contributed by atoms with van der Waals surface area (Å²) in [5.41, 5.74) is 8.83. The van der Waals surface area contributed by atoms with Gasteiger partial charge in [-0.15, -0.1) is 24.0 Å². The van der Waals surface area contributed by atoms with Crippen molar-refractivity contribution in [3.8, 4) is 0 Å². The van der Waals surface area contributed by atoms with Gasteiger partial charge in [0.1, 0.15) is 0 Å². The molecule has 0 bridgehead atoms. The van der Waals surface area contributed by atoms with Crippen molar-refractivity contribution in [2.75, 3.05) is 19.6 Å². The van der Waals surface area contributed by atoms with E-state index < -0.39 is 0 Å². The number of hydrogen-bond donors (Lipinski definition) is 2. The first-order valence-corrected chi connectivity index (χ1v) is 8.05. The maximum absolute atomic E-state index is 5.89. The van der Waals surface area contributed by atoms with Gasteiger partial charge in [-0.1, -0.05) is 37.6 Å². The molecule has 1 aromatic rings. The van der Waals surface area contributed by atoms with E-state index in [-0.39, 0.29) is 24.0 Å². The van der Waals surface area contributed by atoms with Crippen molar-refractivity contribution >= 4 is 29.9 Å². The predicted molar refractivity (Wildman–Crippen MR) is 105 cm³/mol. The molecular weight excluding hydrogens is 387 g/mol. The Kier molecular flexibility index (Phi) is 8.78. The van der Waals surface area contributed by atoms with E-state index in [9.17, 15) is 0 Å². The van der Waals surface area contributed by atoms with E-state index in [0.717, 1.165) is 39.0 Å². The van der Waals surface area contributed by atoms with Gasteiger partial charge in [0, 0.05) is 25.7 Å². The number of nitrogens with two attached hydrogens (primary N) is 1. The molecule has 1 aliphatic heterocycles. The zero-order valence-corrected chi connectivity index (χ0v) is 16.0. The number of halogens is 1. The Hall–Kier alpha value is -0.820. The summed E-state index contributed by atoms with van der Waals surface area (Å²) in [5.74, 6) is 0.577. The van der Waals surface area contributed by atoms with E-state index >= 15 is 0 Å². The SMILES string of the molecule is CCCCNC(N)=NCC(C)N1CCc2ccccc2C1.I. The maximum atomic E-state index is 5.89. The molecule has 0 fully saturated rings. The Morgan fingerprint density at radius 1 is 1.36 bits per heavy atom. The summed E-state index contributed by atoms with van der Waals surface area (Å²) in [6, 6.07) is 9.15. The largest absolute Gasteiger partial charge is 0.370 e. The van der Waals surface area contributed by atoms with E-state index in [0.29, 0.717) is 12.0 Å². The highest BCUT2D eigenvalue weighted by Gasteiger charge is 2.19. The standard InChI is InChI=1S/C17H28N4.HI/c1-3-4-10-19-17(18)20-12-14(2)21-11-9-15-7-5-6-8-16(15)13-21;/h5-8,14H,3-4,9-13H2,1-2H3,(H3,18,19,20);1H. The first-order valence-electron chi connectivity index (χ1n) is 8.05. The molecule has 0 saturated carbocycles. The average Bonchev–Trinajstić information content (AvgIpc) is 2.52. The molecule has 1 unspecified atom stereocenters. The molecule has 0 spiro atoms. The van der Waals surface area contributed by atoms with Crippen molar-refractivity contribution in [1.82, 2.24) is 10.2 Å². The third-order valence-electron chi connectivity index (χ3n) is 4.15. The highest BCUT2D eigenvalue weighted by molar-refractivity contribution is 14.0. The number of nitrogens with zero attached hydrogens (tertiary/aromatic N) is 2. The smallest absolute Gasteiger partial charge is 0.188 e. The minimum atomic E-state index is 0. The lowest BCUT2D eigenvalue weighted by Crippen LogP contribution is -2.40. The topological polar surface area (TPSA) is 53.6 Å². The number of unbranched alkanes of at least 4 members (excludes halogenated alkanes) is 1. The number of hydrogen-bond acceptors (Lipinski definition) is 2. The lowest BCUT2D eigenvalue weighted by molar-refractivity contribution is 0.195. The second-order valence-electron chi connectivity index (χ2n) is 5.84. The Morgan fingerprint density at radius 2 is 2.09 bits per heavy atom. The summed E-state index contributed by atoms with van der Waals surface area (Å²) < 4.78 is 0. The Bertz CT molecular complexity index is 475. The summed E-state index contributed by atoms with van der Waals surface area (Å²) in [4.78, 5) is 6.96. The van der Waals surface area contributed by atoms with Gasteiger partial charge < -0.3 is 11.1 Å². The van der Waals surface area contributed by atoms with Crippen molar-refractivity contribution < 1.29 is 0 Å². The van der Waals surface area contributed by atoms with Crippen LogP contribution in [0.3, 0.4) is 0 Å². The zero-order valence-electron chi connectivity index (χ0n) is 13.7. The molecular formula is C17H29IN4. The first-order chi connectivity index (χ1) is 10.2. The monoisotopic (exact) mass is 416 g/mol. The molecule has 3 N–H and O–H groups in total. The lowest BCUT2D eigenvalue weighted by atomic mass is 9.99. The fraction of sp³-hybridized carbons (Fsp3) is 0.588. The summed E-state index contributed by atoms with van der Waals surface area (Å²) >= 11 is 0. The molecule has 1 aromatic carbocycles. The number of fused-ring (bicyclic) bond motifs is 1. The lowest BCUT2D eigenvalue weighted by Gasteiger charge is -2.33. The van der Waals surface area contributed by atoms with Crippen LogP contribution in [0.15, 0.2) is 29.3 Å². The average molecular weight is 416 g/mol. The number of guanidine groups is 1. The van der Waals surface area contributed by atoms with Crippen LogP contribution in [0.25, 0.3) is 0 Å². The Labute approximate surface area is 151 Å². The van der Waals surface area contributed by atoms with Crippen LogP contribution in [0, 0.1) is 0 Å². The van der Waals surface area contributed by atoms with E-state index in [1.807, 2.05) is 0 Å². The third-order valence-corrected chi connectivity index (χ3v) is 4.15. The second kappa shape index (κ2) is 10.0. The highest BCUT2D eigenvalue weighted by Crippen LogP contribution is 2.20. The van der Waals surface area contributed by atoms with Crippen LogP contribution in [0.5, 0.6) is 0 Å². The van der Waals surface area contributed by atoms with Crippen molar-refractivity contribution in [2.24, 2.45) is 10.7 Å². The molecule has 0 aliphatic carbocycles. The molecule has 0 radical (unpaired) electrons. The molecule has 1 heterocycles. The van der Waals surface area contributed by atoms with Crippen LogP contribution in [-0.2, 0) is 13.0 Å². The minimum absolute atomic E-state index is 0. The van der Waals surface area contributed by atoms with Gasteiger partial charge in [-0.2, -0.15) is 0 Å². The number of rotatable bonds is 6. The van der Waals surface area contributed by atoms with Crippen molar-refractivity contribution in [3.05, 3.63) is 35.4 Å². The van der Waals surface area contributed by atoms with Crippen molar-refractivity contribution in [1.29, 1.82) is 0 Å². The molecule has 5 heteroatoms. The van der Waals surface area contributed by atoms with Crippen molar-refractivity contribution in [3.63, 3.8) is 0 Å². The van der Waals surface area contributed by atoms with E-state index in [2.05, 4.69) is 53.3 Å². The summed E-state index contributed by atoms with van der Waals surface area (Å²) in [6.45, 7) is 8.21. The zero-order chi connectivity index (χ0) is 15.1. The van der Waals surface area contributed by atoms with Gasteiger partial charge in [0.25, 0.3) is 0 Å². The van der Waals surface area contributed by atoms with Gasteiger partial charge in [-0.05, 0) is 30.9 Å². The molecule has 0 amide bonds. The van der Waals surface area contributed by atoms with Crippen LogP contribution in [0.1, 0.15) is 37.8 Å². The van der Waals surface area contributed by atoms with E-state index in [1.165, 1.54) is 17.5 Å². The summed E-state index contributed by atoms with van der Waals surface area (Å²) in [7, 11) is 0. The molecule has 124 valence electrons. The Morgan fingerprint density at radius 3 is 2.82 bits per heavy atom. The molecule has 0 aromatic heterocycles. The summed E-state index contributed by atoms with van der Waals surface area (Å²) in [6.07, 6.45) is 3.44. The quantitative estimate of drug-likeness (QED) is 0.325. The van der Waals surface area contributed by atoms with Gasteiger partial charge in [-0.3, -0.25) is 9.89 Å². The molecule has 2 rings (SSSR count). The highest BCUT2D eigenvalue weighted by atomic mass is 127. The normalized spacial score (nSPS) is 16.5. The van der Waals surface area contributed by atoms with Gasteiger partial charge in [-0.25, -0.2) is 0 Å². The fourth-order valence-electron chi connectivity index (χ4n) is 2.69. The van der Waals surface area contributed by atoms with Crippen LogP contribution >= 0.6 is 24.0 Å². The van der Waals surface area contributed by atoms with Crippen LogP contribution in [0.4, 0.5) is 0 Å². The third kappa shape index (κ3) is 5.76. The molecule has 4 nitrogen and oxygen atoms in total. The van der Waals surface area contributed by atoms with E-state index in [1.54, 1.807) is 0 Å². The van der Waals surface area contributed by atoms with E-state index in [4.69, 9.17) is 5.73 Å². The fourth-order valence-corrected chi connectivity index (χ4v) is 2.69. The number of aliphatic imine (C=N–C) groups is 1. The van der Waals surface area contributed by atoms with Crippen LogP contribution < -0.4 is 11.1 Å². The minimum Gasteiger partial charge on any atom is -0.370 e. The van der Waals surface area contributed by atoms with Crippen LogP contribution in [0.2, 0.25) is 0 Å². The summed E-state index contributed by atoms with van der Waals surface area (Å²) in [5, 5.41) is 3.17. The number of benzene rings is 1.